The molecule has 0 fully saturated rings. The van der Waals surface area contributed by atoms with E-state index in [2.05, 4.69) is 217 Å². The molecule has 0 spiro atoms. The summed E-state index contributed by atoms with van der Waals surface area (Å²) in [4.78, 5) is 2.41. The monoisotopic (exact) mass is 742 g/mol. The van der Waals surface area contributed by atoms with Crippen molar-refractivity contribution in [2.75, 3.05) is 4.90 Å². The Morgan fingerprint density at radius 3 is 1.91 bits per heavy atom. The van der Waals surface area contributed by atoms with Crippen molar-refractivity contribution >= 4 is 71.6 Å². The fourth-order valence-electron chi connectivity index (χ4n) is 9.89. The van der Waals surface area contributed by atoms with Gasteiger partial charge in [-0.3, -0.25) is 0 Å². The molecule has 0 radical (unpaired) electrons. The van der Waals surface area contributed by atoms with Gasteiger partial charge in [0.1, 0.15) is 11.2 Å². The Labute approximate surface area is 336 Å². The number of rotatable bonds is 5. The maximum atomic E-state index is 7.04. The molecule has 3 heteroatoms. The zero-order chi connectivity index (χ0) is 38.5. The molecular weight excluding hydrogens is 705 g/mol. The second-order valence-corrected chi connectivity index (χ2v) is 16.1. The molecule has 274 valence electrons. The Morgan fingerprint density at radius 2 is 1.14 bits per heavy atom. The van der Waals surface area contributed by atoms with Crippen LogP contribution in [-0.4, -0.2) is 4.57 Å². The molecule has 2 heterocycles. The molecule has 1 aliphatic carbocycles. The lowest BCUT2D eigenvalue weighted by Gasteiger charge is -2.28. The fraction of sp³-hybridized carbons (Fsp3) is 0.0545. The zero-order valence-electron chi connectivity index (χ0n) is 32.3. The molecule has 3 nitrogen and oxygen atoms in total. The molecule has 58 heavy (non-hydrogen) atoms. The highest BCUT2D eigenvalue weighted by molar-refractivity contribution is 6.22. The summed E-state index contributed by atoms with van der Waals surface area (Å²) in [5, 5.41) is 7.06. The summed E-state index contributed by atoms with van der Waals surface area (Å²) in [7, 11) is 0. The molecule has 0 unspecified atom stereocenters. The van der Waals surface area contributed by atoms with E-state index in [0.29, 0.717) is 0 Å². The van der Waals surface area contributed by atoms with Gasteiger partial charge in [0.15, 0.2) is 0 Å². The summed E-state index contributed by atoms with van der Waals surface area (Å²) < 4.78 is 9.42. The van der Waals surface area contributed by atoms with Gasteiger partial charge < -0.3 is 13.9 Å². The van der Waals surface area contributed by atoms with Crippen LogP contribution in [0.3, 0.4) is 0 Å². The van der Waals surface area contributed by atoms with Crippen molar-refractivity contribution in [2.45, 2.75) is 19.3 Å². The minimum atomic E-state index is -0.121. The highest BCUT2D eigenvalue weighted by Crippen LogP contribution is 2.52. The molecule has 0 aliphatic heterocycles. The zero-order valence-corrected chi connectivity index (χ0v) is 32.3. The van der Waals surface area contributed by atoms with Gasteiger partial charge in [0.25, 0.3) is 0 Å². The number of hydrogen-bond acceptors (Lipinski definition) is 2. The number of furan rings is 1. The standard InChI is InChI=1S/C55H38N2O/c1-55(2)46-22-11-8-19-41(46)42-32-31-39(34-47(42)55)56(37-16-4-3-5-17-37)50-25-14-26-51-53(50)45-33-36-15-6-7-18-40(36)52(54(45)58-51)35-27-29-38(30-28-35)57-48-23-12-9-20-43(48)44-21-10-13-24-49(44)57/h3-34H,1-2H3. The predicted molar refractivity (Wildman–Crippen MR) is 243 cm³/mol. The summed E-state index contributed by atoms with van der Waals surface area (Å²) in [5.41, 5.74) is 16.0. The maximum absolute atomic E-state index is 7.04. The van der Waals surface area contributed by atoms with Crippen LogP contribution in [0.5, 0.6) is 0 Å². The average molecular weight is 743 g/mol. The van der Waals surface area contributed by atoms with Crippen LogP contribution in [0.4, 0.5) is 17.1 Å². The SMILES string of the molecule is CC1(C)c2ccccc2-c2ccc(N(c3ccccc3)c3cccc4oc5c(-c6ccc(-n7c8ccccc8c8ccccc87)cc6)c6ccccc6cc5c34)cc21. The second-order valence-electron chi connectivity index (χ2n) is 16.1. The first-order valence-corrected chi connectivity index (χ1v) is 20.1. The molecule has 0 amide bonds. The van der Waals surface area contributed by atoms with Crippen LogP contribution in [0.15, 0.2) is 199 Å². The molecule has 0 atom stereocenters. The van der Waals surface area contributed by atoms with Crippen LogP contribution in [-0.2, 0) is 5.41 Å². The van der Waals surface area contributed by atoms with Gasteiger partial charge in [0, 0.05) is 44.2 Å². The number of anilines is 3. The van der Waals surface area contributed by atoms with Gasteiger partial charge in [0.05, 0.1) is 22.1 Å². The Hall–Kier alpha value is -7.36. The fourth-order valence-corrected chi connectivity index (χ4v) is 9.89. The number of benzene rings is 9. The van der Waals surface area contributed by atoms with Gasteiger partial charge >= 0.3 is 0 Å². The van der Waals surface area contributed by atoms with Crippen molar-refractivity contribution in [1.29, 1.82) is 0 Å². The van der Waals surface area contributed by atoms with Crippen molar-refractivity contribution in [3.63, 3.8) is 0 Å². The molecule has 0 saturated heterocycles. The third-order valence-electron chi connectivity index (χ3n) is 12.6. The first kappa shape index (κ1) is 32.8. The average Bonchev–Trinajstić information content (AvgIpc) is 3.89. The molecule has 1 aliphatic rings. The predicted octanol–water partition coefficient (Wildman–Crippen LogP) is 15.3. The van der Waals surface area contributed by atoms with Gasteiger partial charge in [-0.05, 0) is 105 Å². The first-order valence-electron chi connectivity index (χ1n) is 20.1. The third kappa shape index (κ3) is 4.68. The van der Waals surface area contributed by atoms with Crippen molar-refractivity contribution in [2.24, 2.45) is 0 Å². The van der Waals surface area contributed by atoms with Crippen molar-refractivity contribution in [1.82, 2.24) is 4.57 Å². The lowest BCUT2D eigenvalue weighted by atomic mass is 9.82. The van der Waals surface area contributed by atoms with E-state index in [9.17, 15) is 0 Å². The smallest absolute Gasteiger partial charge is 0.143 e. The number of aromatic nitrogens is 1. The van der Waals surface area contributed by atoms with Crippen LogP contribution < -0.4 is 4.90 Å². The number of hydrogen-bond donors (Lipinski definition) is 0. The van der Waals surface area contributed by atoms with Gasteiger partial charge in [0.2, 0.25) is 0 Å². The highest BCUT2D eigenvalue weighted by atomic mass is 16.3. The highest BCUT2D eigenvalue weighted by Gasteiger charge is 2.36. The quantitative estimate of drug-likeness (QED) is 0.175. The van der Waals surface area contributed by atoms with E-state index in [4.69, 9.17) is 4.42 Å². The lowest BCUT2D eigenvalue weighted by molar-refractivity contribution is 0.660. The molecule has 11 aromatic rings. The summed E-state index contributed by atoms with van der Waals surface area (Å²) in [6, 6.07) is 70.5. The minimum Gasteiger partial charge on any atom is -0.455 e. The topological polar surface area (TPSA) is 21.3 Å². The Kier molecular flexibility index (Phi) is 6.98. The molecule has 9 aromatic carbocycles. The largest absolute Gasteiger partial charge is 0.455 e. The summed E-state index contributed by atoms with van der Waals surface area (Å²) in [6.07, 6.45) is 0. The van der Waals surface area contributed by atoms with E-state index in [1.807, 2.05) is 0 Å². The minimum absolute atomic E-state index is 0.121. The second kappa shape index (κ2) is 12.3. The molecular formula is C55H38N2O. The number of fused-ring (bicyclic) bond motifs is 10. The van der Waals surface area contributed by atoms with Crippen LogP contribution >= 0.6 is 0 Å². The van der Waals surface area contributed by atoms with Crippen molar-refractivity contribution in [3.8, 4) is 27.9 Å². The van der Waals surface area contributed by atoms with Gasteiger partial charge in [-0.25, -0.2) is 0 Å². The van der Waals surface area contributed by atoms with E-state index in [0.717, 1.165) is 55.8 Å². The van der Waals surface area contributed by atoms with Crippen LogP contribution in [0, 0.1) is 0 Å². The molecule has 0 saturated carbocycles. The van der Waals surface area contributed by atoms with Gasteiger partial charge in [-0.15, -0.1) is 0 Å². The summed E-state index contributed by atoms with van der Waals surface area (Å²) in [6.45, 7) is 4.70. The molecule has 0 N–H and O–H groups in total. The lowest BCUT2D eigenvalue weighted by Crippen LogP contribution is -2.16. The Balaban J connectivity index is 1.07. The Bertz CT molecular complexity index is 3370. The van der Waals surface area contributed by atoms with Crippen LogP contribution in [0.1, 0.15) is 25.0 Å². The third-order valence-corrected chi connectivity index (χ3v) is 12.6. The number of para-hydroxylation sites is 3. The Morgan fingerprint density at radius 1 is 0.483 bits per heavy atom. The molecule has 12 rings (SSSR count). The van der Waals surface area contributed by atoms with E-state index >= 15 is 0 Å². The summed E-state index contributed by atoms with van der Waals surface area (Å²) in [5.74, 6) is 0. The number of nitrogens with zero attached hydrogens (tertiary/aromatic N) is 2. The van der Waals surface area contributed by atoms with E-state index < -0.39 is 0 Å². The van der Waals surface area contributed by atoms with Crippen molar-refractivity contribution < 1.29 is 4.42 Å². The van der Waals surface area contributed by atoms with Crippen molar-refractivity contribution in [3.05, 3.63) is 205 Å². The van der Waals surface area contributed by atoms with E-state index in [1.54, 1.807) is 0 Å². The van der Waals surface area contributed by atoms with Gasteiger partial charge in [-0.1, -0.05) is 141 Å². The summed E-state index contributed by atoms with van der Waals surface area (Å²) >= 11 is 0. The molecule has 2 aromatic heterocycles. The normalized spacial score (nSPS) is 13.1. The maximum Gasteiger partial charge on any atom is 0.143 e. The van der Waals surface area contributed by atoms with Crippen LogP contribution in [0.25, 0.3) is 82.5 Å². The van der Waals surface area contributed by atoms with Crippen LogP contribution in [0.2, 0.25) is 0 Å². The molecule has 0 bridgehead atoms. The van der Waals surface area contributed by atoms with E-state index in [1.165, 1.54) is 54.8 Å². The first-order chi connectivity index (χ1) is 28.5. The van der Waals surface area contributed by atoms with E-state index in [-0.39, 0.29) is 5.41 Å². The van der Waals surface area contributed by atoms with Gasteiger partial charge in [-0.2, -0.15) is 0 Å².